The second-order valence-electron chi connectivity index (χ2n) is 35.4. The van der Waals surface area contributed by atoms with Gasteiger partial charge in [-0.05, 0) is 237 Å². The van der Waals surface area contributed by atoms with Crippen LogP contribution in [0.2, 0.25) is 0 Å². The standard InChI is InChI=1S/2C25H22NS.2C24H20NS.C23H18NS/c2*1-15-9-10-20(16(2)11-15)24-23-21-12-18-7-5-6-8-19(18)13-22(21)27-25(23)17(3)14-26(24)4;1-15-8-4-7-11-19(15)23-22-20-12-17-9-5-6-10-18(17)13-21(20)26-24(22)16(2)14-25(23)3;1-15-8-9-19(16(2)12-15)24-23-20-13-17-6-4-5-7-18(17)14-22(20)26-21(23)10-11-25(24)3;1-15-7-3-5-9-17(15)22-21-19-12-11-16-8-4-6-10-18(16)23(19)25-20(21)13-14-24(22)2/h2*5-14H,1-4H3;2*4-14H,1-3H3;3-14H,1-2H3/q5*+1/i1D3,3D3;;;;. The quantitative estimate of drug-likeness (QED) is 0.153. The molecule has 0 saturated heterocycles. The minimum Gasteiger partial charge on any atom is -0.200 e. The van der Waals surface area contributed by atoms with Crippen LogP contribution >= 0.6 is 56.7 Å². The highest BCUT2D eigenvalue weighted by Gasteiger charge is 2.30. The third kappa shape index (κ3) is 15.1. The number of nitrogens with zero attached hydrogens (tertiary/aromatic N) is 5. The number of pyridine rings is 5. The molecule has 5 nitrogen and oxygen atoms in total. The summed E-state index contributed by atoms with van der Waals surface area (Å²) < 4.78 is 71.4. The minimum absolute atomic E-state index is 0.294. The van der Waals surface area contributed by atoms with Crippen LogP contribution in [0.4, 0.5) is 0 Å². The molecule has 0 atom stereocenters. The summed E-state index contributed by atoms with van der Waals surface area (Å²) in [6, 6.07) is 106. The second kappa shape index (κ2) is 34.1. The number of thiophene rings is 5. The van der Waals surface area contributed by atoms with E-state index in [1.807, 2.05) is 82.1 Å². The fraction of sp³-hybridized carbons (Fsp3) is 0.132. The number of benzene rings is 15. The molecule has 0 aliphatic rings. The zero-order chi connectivity index (χ0) is 95.1. The van der Waals surface area contributed by atoms with Crippen molar-refractivity contribution in [3.05, 3.63) is 389 Å². The number of fused-ring (bicyclic) bond motifs is 21. The van der Waals surface area contributed by atoms with Crippen molar-refractivity contribution in [2.75, 3.05) is 0 Å². The third-order valence-electron chi connectivity index (χ3n) is 26.3. The lowest BCUT2D eigenvalue weighted by Crippen LogP contribution is -2.31. The number of aromatic nitrogens is 5. The Bertz CT molecular complexity index is 9290. The molecule has 131 heavy (non-hydrogen) atoms. The Balaban J connectivity index is 0.000000103. The van der Waals surface area contributed by atoms with Crippen LogP contribution in [0.5, 0.6) is 0 Å². The SMILES string of the molecule is Cc1ccc(-c2c3c(cc[n+]2C)sc2cc4ccccc4cc23)c(C)c1.Cc1ccc(-c2c3c(sc4cc5ccccc5cc43)c(C)c[n+]2C)c(C)c1.Cc1ccccc1-c1c2c(cc[n+]1C)sc1c3ccccc3ccc12.Cc1ccccc1-c1c2c(sc3cc4ccccc4cc32)c(C)c[n+]1C.[2H]C([2H])([2H])c1ccc(-c2c3c(sc4cc5ccccc5cc43)c(C([2H])([2H])[2H])c[n+]2C)c(C)c1. The number of hydrogen-bond donors (Lipinski definition) is 0. The molecular weight excluding hydrogens is 1680 g/mol. The molecule has 15 aromatic carbocycles. The third-order valence-corrected chi connectivity index (χ3v) is 32.4. The van der Waals surface area contributed by atoms with Gasteiger partial charge in [-0.3, -0.25) is 0 Å². The van der Waals surface area contributed by atoms with E-state index in [0.717, 1.165) is 47.8 Å². The molecule has 0 N–H and O–H groups in total. The summed E-state index contributed by atoms with van der Waals surface area (Å²) in [6.45, 7) is 15.1. The predicted molar refractivity (Wildman–Crippen MR) is 569 cm³/mol. The van der Waals surface area contributed by atoms with Gasteiger partial charge < -0.3 is 0 Å². The van der Waals surface area contributed by atoms with Gasteiger partial charge in [0.1, 0.15) is 35.2 Å². The Morgan fingerprint density at radius 1 is 0.198 bits per heavy atom. The van der Waals surface area contributed by atoms with E-state index in [2.05, 4.69) is 394 Å². The highest BCUT2D eigenvalue weighted by atomic mass is 32.1. The lowest BCUT2D eigenvalue weighted by molar-refractivity contribution is -0.659. The molecule has 10 aromatic heterocycles. The molecule has 636 valence electrons. The fourth-order valence-electron chi connectivity index (χ4n) is 20.1. The maximum Gasteiger partial charge on any atom is 0.221 e. The predicted octanol–water partition coefficient (Wildman–Crippen LogP) is 31.9. The first kappa shape index (κ1) is 77.4. The van der Waals surface area contributed by atoms with Gasteiger partial charge in [0.2, 0.25) is 28.5 Å². The molecule has 0 spiro atoms. The Morgan fingerprint density at radius 3 is 0.901 bits per heavy atom. The number of aryl methyl sites for hydroxylation is 16. The Kier molecular flexibility index (Phi) is 20.1. The zero-order valence-corrected chi connectivity index (χ0v) is 80.0. The van der Waals surface area contributed by atoms with Crippen molar-refractivity contribution in [1.82, 2.24) is 0 Å². The molecule has 0 aliphatic heterocycles. The Morgan fingerprint density at radius 2 is 0.504 bits per heavy atom. The first-order chi connectivity index (χ1) is 66.0. The van der Waals surface area contributed by atoms with Crippen molar-refractivity contribution in [2.45, 2.75) is 76.0 Å². The topological polar surface area (TPSA) is 19.4 Å². The van der Waals surface area contributed by atoms with E-state index < -0.39 is 13.7 Å². The molecule has 0 saturated carbocycles. The van der Waals surface area contributed by atoms with Gasteiger partial charge in [0.25, 0.3) is 0 Å². The Labute approximate surface area is 793 Å². The summed E-state index contributed by atoms with van der Waals surface area (Å²) in [4.78, 5) is 0. The van der Waals surface area contributed by atoms with Crippen LogP contribution in [-0.2, 0) is 35.2 Å². The van der Waals surface area contributed by atoms with Crippen LogP contribution in [0, 0.1) is 76.0 Å². The molecule has 0 amide bonds. The summed E-state index contributed by atoms with van der Waals surface area (Å²) in [5.74, 6) is 0. The summed E-state index contributed by atoms with van der Waals surface area (Å²) >= 11 is 9.12. The number of rotatable bonds is 5. The van der Waals surface area contributed by atoms with Gasteiger partial charge in [0.05, 0.1) is 41.0 Å². The van der Waals surface area contributed by atoms with Crippen molar-refractivity contribution in [3.8, 4) is 56.3 Å². The van der Waals surface area contributed by atoms with E-state index in [9.17, 15) is 0 Å². The molecule has 25 aromatic rings. The average molecular weight is 1790 g/mol. The van der Waals surface area contributed by atoms with Crippen molar-refractivity contribution >= 4 is 211 Å². The first-order valence-corrected chi connectivity index (χ1v) is 48.7. The molecule has 10 heteroatoms. The van der Waals surface area contributed by atoms with E-state index in [4.69, 9.17) is 8.22 Å². The Hall–Kier alpha value is -13.6. The van der Waals surface area contributed by atoms with Gasteiger partial charge in [-0.1, -0.05) is 223 Å². The largest absolute Gasteiger partial charge is 0.221 e. The van der Waals surface area contributed by atoms with Crippen LogP contribution in [0.3, 0.4) is 0 Å². The molecule has 25 rings (SSSR count). The fourth-order valence-corrected chi connectivity index (χ4v) is 26.0. The zero-order valence-electron chi connectivity index (χ0n) is 82.0. The van der Waals surface area contributed by atoms with Crippen molar-refractivity contribution < 1.29 is 31.1 Å². The summed E-state index contributed by atoms with van der Waals surface area (Å²) in [7, 11) is 10.5. The lowest BCUT2D eigenvalue weighted by Gasteiger charge is -2.09. The van der Waals surface area contributed by atoms with Crippen molar-refractivity contribution in [1.29, 1.82) is 0 Å². The highest BCUT2D eigenvalue weighted by molar-refractivity contribution is 7.28. The summed E-state index contributed by atoms with van der Waals surface area (Å²) in [6.07, 6.45) is 10.6. The van der Waals surface area contributed by atoms with Crippen LogP contribution in [0.1, 0.15) is 69.4 Å². The van der Waals surface area contributed by atoms with Crippen LogP contribution in [-0.4, -0.2) is 0 Å². The van der Waals surface area contributed by atoms with Crippen LogP contribution in [0.15, 0.2) is 328 Å². The van der Waals surface area contributed by atoms with Crippen molar-refractivity contribution in [3.63, 3.8) is 0 Å². The summed E-state index contributed by atoms with van der Waals surface area (Å²) in [5, 5.41) is 25.5. The van der Waals surface area contributed by atoms with Crippen LogP contribution < -0.4 is 22.8 Å². The molecule has 10 heterocycles. The molecule has 0 radical (unpaired) electrons. The van der Waals surface area contributed by atoms with Crippen LogP contribution in [0.25, 0.3) is 211 Å². The molecule has 0 unspecified atom stereocenters. The van der Waals surface area contributed by atoms with E-state index in [1.165, 1.54) is 225 Å². The van der Waals surface area contributed by atoms with Gasteiger partial charge in [0, 0.05) is 125 Å². The van der Waals surface area contributed by atoms with Gasteiger partial charge in [-0.15, -0.1) is 56.7 Å². The maximum absolute atomic E-state index is 8.15. The smallest absolute Gasteiger partial charge is 0.200 e. The normalized spacial score (nSPS) is 12.5. The minimum atomic E-state index is -2.25. The molecule has 0 fully saturated rings. The van der Waals surface area contributed by atoms with E-state index in [0.29, 0.717) is 11.1 Å². The van der Waals surface area contributed by atoms with E-state index >= 15 is 0 Å². The van der Waals surface area contributed by atoms with E-state index in [1.54, 1.807) is 18.3 Å². The average Bonchev–Trinajstić information content (AvgIpc) is 1.59. The van der Waals surface area contributed by atoms with Crippen molar-refractivity contribution in [2.24, 2.45) is 35.2 Å². The highest BCUT2D eigenvalue weighted by Crippen LogP contribution is 2.49. The monoisotopic (exact) mass is 1790 g/mol. The molecule has 0 aliphatic carbocycles. The lowest BCUT2D eigenvalue weighted by atomic mass is 9.97. The van der Waals surface area contributed by atoms with Gasteiger partial charge >= 0.3 is 0 Å². The van der Waals surface area contributed by atoms with E-state index in [-0.39, 0.29) is 0 Å². The van der Waals surface area contributed by atoms with Gasteiger partial charge in [0.15, 0.2) is 31.0 Å². The molecule has 0 bridgehead atoms. The first-order valence-electron chi connectivity index (χ1n) is 47.6. The summed E-state index contributed by atoms with van der Waals surface area (Å²) in [5.41, 5.74) is 24.3. The van der Waals surface area contributed by atoms with Gasteiger partial charge in [-0.25, -0.2) is 22.8 Å². The van der Waals surface area contributed by atoms with Gasteiger partial charge in [-0.2, -0.15) is 0 Å². The number of hydrogen-bond acceptors (Lipinski definition) is 5. The second-order valence-corrected chi connectivity index (χ2v) is 40.7. The maximum atomic E-state index is 8.15. The molecular formula is C121H102N5S5+5.